The highest BCUT2D eigenvalue weighted by molar-refractivity contribution is 7.80. The van der Waals surface area contributed by atoms with Gasteiger partial charge in [-0.15, -0.1) is 0 Å². The second-order valence-electron chi connectivity index (χ2n) is 9.71. The van der Waals surface area contributed by atoms with Crippen molar-refractivity contribution in [3.8, 4) is 28.8 Å². The third-order valence-electron chi connectivity index (χ3n) is 7.62. The molecule has 4 heterocycles. The van der Waals surface area contributed by atoms with Crippen LogP contribution < -0.4 is 20.1 Å². The normalized spacial score (nSPS) is 22.2. The van der Waals surface area contributed by atoms with Gasteiger partial charge in [0.05, 0.1) is 31.5 Å². The molecule has 4 atom stereocenters. The van der Waals surface area contributed by atoms with E-state index in [0.29, 0.717) is 40.1 Å². The van der Waals surface area contributed by atoms with Crippen LogP contribution in [0.25, 0.3) is 11.3 Å². The Morgan fingerprint density at radius 2 is 1.92 bits per heavy atom. The SMILES string of the molecule is COc1ccc(-c2cc([C@@H]3CN4CC[C@H]3C[C@@H]4CNC(=S)Nc3ccc(C#N)cc3)n(C)n2)cc1OC. The van der Waals surface area contributed by atoms with Crippen LogP contribution in [-0.4, -0.2) is 59.7 Å². The minimum Gasteiger partial charge on any atom is -0.493 e. The number of piperidine rings is 3. The maximum Gasteiger partial charge on any atom is 0.170 e. The molecule has 1 aromatic heterocycles. The van der Waals surface area contributed by atoms with Crippen molar-refractivity contribution in [1.82, 2.24) is 20.0 Å². The molecular formula is C28H32N6O2S. The molecule has 0 spiro atoms. The molecule has 37 heavy (non-hydrogen) atoms. The van der Waals surface area contributed by atoms with Crippen molar-refractivity contribution < 1.29 is 9.47 Å². The Balaban J connectivity index is 1.21. The second kappa shape index (κ2) is 10.8. The summed E-state index contributed by atoms with van der Waals surface area (Å²) in [7, 11) is 5.34. The van der Waals surface area contributed by atoms with Crippen LogP contribution in [0.1, 0.15) is 30.0 Å². The van der Waals surface area contributed by atoms with Gasteiger partial charge in [-0.3, -0.25) is 9.58 Å². The molecule has 2 N–H and O–H groups in total. The van der Waals surface area contributed by atoms with E-state index >= 15 is 0 Å². The molecule has 0 radical (unpaired) electrons. The van der Waals surface area contributed by atoms with Crippen LogP contribution in [-0.2, 0) is 7.05 Å². The Morgan fingerprint density at radius 3 is 2.59 bits per heavy atom. The molecule has 3 saturated heterocycles. The molecule has 2 aromatic carbocycles. The number of aromatic nitrogens is 2. The largest absolute Gasteiger partial charge is 0.493 e. The first kappa shape index (κ1) is 25.1. The highest BCUT2D eigenvalue weighted by Gasteiger charge is 2.41. The number of anilines is 1. The molecule has 0 aliphatic carbocycles. The van der Waals surface area contributed by atoms with Crippen molar-refractivity contribution >= 4 is 23.0 Å². The molecule has 0 saturated carbocycles. The molecule has 1 unspecified atom stereocenters. The average molecular weight is 517 g/mol. The molecule has 3 aromatic rings. The Labute approximate surface area is 223 Å². The summed E-state index contributed by atoms with van der Waals surface area (Å²) in [6.07, 6.45) is 2.33. The van der Waals surface area contributed by atoms with E-state index in [1.54, 1.807) is 26.4 Å². The lowest BCUT2D eigenvalue weighted by atomic mass is 9.74. The molecule has 8 nitrogen and oxygen atoms in total. The number of nitrogens with zero attached hydrogens (tertiary/aromatic N) is 4. The third-order valence-corrected chi connectivity index (χ3v) is 7.87. The predicted octanol–water partition coefficient (Wildman–Crippen LogP) is 4.14. The van der Waals surface area contributed by atoms with Crippen molar-refractivity contribution in [2.75, 3.05) is 39.2 Å². The van der Waals surface area contributed by atoms with Gasteiger partial charge in [-0.25, -0.2) is 0 Å². The predicted molar refractivity (Wildman–Crippen MR) is 148 cm³/mol. The fourth-order valence-electron chi connectivity index (χ4n) is 5.66. The van der Waals surface area contributed by atoms with E-state index in [4.69, 9.17) is 32.1 Å². The number of rotatable bonds is 7. The molecule has 2 bridgehead atoms. The minimum absolute atomic E-state index is 0.453. The number of fused-ring (bicyclic) bond motifs is 3. The summed E-state index contributed by atoms with van der Waals surface area (Å²) in [4.78, 5) is 2.59. The zero-order valence-electron chi connectivity index (χ0n) is 21.4. The first-order valence-corrected chi connectivity index (χ1v) is 12.9. The van der Waals surface area contributed by atoms with Crippen LogP contribution in [0.5, 0.6) is 11.5 Å². The van der Waals surface area contributed by atoms with Crippen LogP contribution in [0.4, 0.5) is 5.69 Å². The first-order chi connectivity index (χ1) is 18.0. The summed E-state index contributed by atoms with van der Waals surface area (Å²) in [5.41, 5.74) is 4.76. The number of hydrogen-bond acceptors (Lipinski definition) is 6. The van der Waals surface area contributed by atoms with Gasteiger partial charge in [-0.2, -0.15) is 10.4 Å². The van der Waals surface area contributed by atoms with E-state index in [2.05, 4.69) is 27.7 Å². The lowest BCUT2D eigenvalue weighted by Gasteiger charge is -2.50. The van der Waals surface area contributed by atoms with Crippen molar-refractivity contribution in [3.05, 3.63) is 59.8 Å². The van der Waals surface area contributed by atoms with Gasteiger partial charge in [-0.05, 0) is 86.1 Å². The topological polar surface area (TPSA) is 87.4 Å². The van der Waals surface area contributed by atoms with Crippen LogP contribution in [0.2, 0.25) is 0 Å². The molecule has 3 aliphatic rings. The monoisotopic (exact) mass is 516 g/mol. The second-order valence-corrected chi connectivity index (χ2v) is 10.1. The Morgan fingerprint density at radius 1 is 1.14 bits per heavy atom. The summed E-state index contributed by atoms with van der Waals surface area (Å²) in [6, 6.07) is 18.1. The van der Waals surface area contributed by atoms with E-state index in [1.165, 1.54) is 12.1 Å². The van der Waals surface area contributed by atoms with E-state index < -0.39 is 0 Å². The highest BCUT2D eigenvalue weighted by Crippen LogP contribution is 2.42. The smallest absolute Gasteiger partial charge is 0.170 e. The van der Waals surface area contributed by atoms with Crippen molar-refractivity contribution in [2.45, 2.75) is 24.8 Å². The molecule has 6 rings (SSSR count). The van der Waals surface area contributed by atoms with Gasteiger partial charge in [0.2, 0.25) is 0 Å². The molecule has 3 fully saturated rings. The molecule has 3 aliphatic heterocycles. The van der Waals surface area contributed by atoms with E-state index in [9.17, 15) is 0 Å². The lowest BCUT2D eigenvalue weighted by molar-refractivity contribution is 0.0303. The van der Waals surface area contributed by atoms with Crippen molar-refractivity contribution in [3.63, 3.8) is 0 Å². The molecule has 9 heteroatoms. The fourth-order valence-corrected chi connectivity index (χ4v) is 5.87. The summed E-state index contributed by atoms with van der Waals surface area (Å²) >= 11 is 5.52. The van der Waals surface area contributed by atoms with Crippen LogP contribution in [0.3, 0.4) is 0 Å². The standard InChI is InChI=1S/C28H32N6O2S/c1-33-25(14-24(32-33)20-6-9-26(35-2)27(13-20)36-3)23-17-34-11-10-19(23)12-22(34)16-30-28(37)31-21-7-4-18(15-29)5-8-21/h4-9,13-14,19,22-23H,10-12,16-17H2,1-3H3,(H2,30,31,37)/t19-,22+,23+/m0/s1. The Bertz CT molecular complexity index is 1320. The number of hydrogen-bond donors (Lipinski definition) is 2. The van der Waals surface area contributed by atoms with Gasteiger partial charge in [0, 0.05) is 49.0 Å². The zero-order valence-corrected chi connectivity index (χ0v) is 22.2. The average Bonchev–Trinajstić information content (AvgIpc) is 3.33. The number of benzene rings is 2. The van der Waals surface area contributed by atoms with E-state index in [1.807, 2.05) is 42.1 Å². The lowest BCUT2D eigenvalue weighted by Crippen LogP contribution is -2.56. The number of nitrogens with one attached hydrogen (secondary N) is 2. The Hall–Kier alpha value is -3.61. The van der Waals surface area contributed by atoms with Gasteiger partial charge in [0.1, 0.15) is 0 Å². The maximum absolute atomic E-state index is 8.96. The molecule has 192 valence electrons. The number of ether oxygens (including phenoxy) is 2. The van der Waals surface area contributed by atoms with Gasteiger partial charge < -0.3 is 20.1 Å². The summed E-state index contributed by atoms with van der Waals surface area (Å²) in [6.45, 7) is 2.95. The van der Waals surface area contributed by atoms with Gasteiger partial charge >= 0.3 is 0 Å². The summed E-state index contributed by atoms with van der Waals surface area (Å²) in [5.74, 6) is 2.49. The van der Waals surface area contributed by atoms with Crippen molar-refractivity contribution in [2.24, 2.45) is 13.0 Å². The third kappa shape index (κ3) is 5.26. The molecule has 0 amide bonds. The summed E-state index contributed by atoms with van der Waals surface area (Å²) in [5, 5.41) is 21.0. The number of aryl methyl sites for hydroxylation is 1. The maximum atomic E-state index is 8.96. The van der Waals surface area contributed by atoms with Gasteiger partial charge in [0.25, 0.3) is 0 Å². The number of nitriles is 1. The highest BCUT2D eigenvalue weighted by atomic mass is 32.1. The van der Waals surface area contributed by atoms with Crippen LogP contribution in [0, 0.1) is 17.2 Å². The van der Waals surface area contributed by atoms with Crippen LogP contribution in [0.15, 0.2) is 48.5 Å². The molecular weight excluding hydrogens is 484 g/mol. The van der Waals surface area contributed by atoms with E-state index in [-0.39, 0.29) is 0 Å². The quantitative estimate of drug-likeness (QED) is 0.453. The van der Waals surface area contributed by atoms with Gasteiger partial charge in [-0.1, -0.05) is 0 Å². The number of methoxy groups -OCH3 is 2. The Kier molecular flexibility index (Phi) is 7.31. The first-order valence-electron chi connectivity index (χ1n) is 12.5. The minimum atomic E-state index is 0.453. The zero-order chi connectivity index (χ0) is 25.9. The van der Waals surface area contributed by atoms with Crippen LogP contribution >= 0.6 is 12.2 Å². The van der Waals surface area contributed by atoms with Gasteiger partial charge in [0.15, 0.2) is 16.6 Å². The fraction of sp³-hybridized carbons (Fsp3) is 0.393. The number of thiocarbonyl (C=S) groups is 1. The summed E-state index contributed by atoms with van der Waals surface area (Å²) < 4.78 is 12.9. The van der Waals surface area contributed by atoms with E-state index in [0.717, 1.165) is 43.0 Å². The van der Waals surface area contributed by atoms with Crippen molar-refractivity contribution in [1.29, 1.82) is 5.26 Å².